The molecule has 0 amide bonds. The summed E-state index contributed by atoms with van der Waals surface area (Å²) in [6.07, 6.45) is 1.25. The lowest BCUT2D eigenvalue weighted by atomic mass is 10.1. The molecule has 0 spiro atoms. The molecule has 0 aliphatic rings. The number of ketones is 1. The molecule has 1 aromatic heterocycles. The van der Waals surface area contributed by atoms with Crippen LogP contribution in [0.3, 0.4) is 0 Å². The van der Waals surface area contributed by atoms with Gasteiger partial charge >= 0.3 is 0 Å². The maximum Gasteiger partial charge on any atom is 0.270 e. The summed E-state index contributed by atoms with van der Waals surface area (Å²) in [5, 5.41) is 11.0. The lowest BCUT2D eigenvalue weighted by Gasteiger charge is -2.09. The van der Waals surface area contributed by atoms with Crippen LogP contribution in [0.15, 0.2) is 53.6 Å². The summed E-state index contributed by atoms with van der Waals surface area (Å²) < 4.78 is 6.27. The van der Waals surface area contributed by atoms with Gasteiger partial charge in [0.1, 0.15) is 5.75 Å². The van der Waals surface area contributed by atoms with Crippen molar-refractivity contribution in [2.24, 2.45) is 0 Å². The molecule has 0 aliphatic heterocycles. The molecule has 3 rings (SSSR count). The molecule has 126 valence electrons. The highest BCUT2D eigenvalue weighted by atomic mass is 16.6. The Labute approximate surface area is 141 Å². The molecule has 2 aromatic carbocycles. The van der Waals surface area contributed by atoms with Crippen molar-refractivity contribution in [1.82, 2.24) is 9.55 Å². The molecule has 8 heteroatoms. The minimum Gasteiger partial charge on any atom is -0.496 e. The first-order chi connectivity index (χ1) is 12.0. The fraction of sp³-hybridized carbons (Fsp3) is 0.118. The van der Waals surface area contributed by atoms with E-state index in [0.717, 1.165) is 10.6 Å². The smallest absolute Gasteiger partial charge is 0.270 e. The van der Waals surface area contributed by atoms with Crippen molar-refractivity contribution >= 4 is 22.4 Å². The molecule has 1 heterocycles. The third-order valence-electron chi connectivity index (χ3n) is 3.74. The first-order valence-corrected chi connectivity index (χ1v) is 7.31. The fourth-order valence-corrected chi connectivity index (χ4v) is 2.49. The zero-order valence-electron chi connectivity index (χ0n) is 13.2. The van der Waals surface area contributed by atoms with E-state index in [4.69, 9.17) is 4.74 Å². The number of carbonyl (C=O) groups excluding carboxylic acids is 1. The Morgan fingerprint density at radius 2 is 2.04 bits per heavy atom. The minimum atomic E-state index is -0.587. The van der Waals surface area contributed by atoms with Crippen LogP contribution in [0.2, 0.25) is 0 Å². The zero-order valence-corrected chi connectivity index (χ0v) is 13.2. The van der Waals surface area contributed by atoms with Crippen molar-refractivity contribution in [3.8, 4) is 5.75 Å². The highest BCUT2D eigenvalue weighted by Crippen LogP contribution is 2.19. The summed E-state index contributed by atoms with van der Waals surface area (Å²) in [5.74, 6) is 0.0797. The van der Waals surface area contributed by atoms with Gasteiger partial charge in [0.05, 0.1) is 41.4 Å². The van der Waals surface area contributed by atoms with Crippen molar-refractivity contribution in [3.05, 3.63) is 74.8 Å². The van der Waals surface area contributed by atoms with E-state index in [1.807, 2.05) is 0 Å². The number of methoxy groups -OCH3 is 1. The van der Waals surface area contributed by atoms with E-state index in [1.165, 1.54) is 25.6 Å². The van der Waals surface area contributed by atoms with Crippen LogP contribution in [0.4, 0.5) is 5.69 Å². The number of ether oxygens (including phenoxy) is 1. The van der Waals surface area contributed by atoms with Crippen LogP contribution in [-0.4, -0.2) is 27.4 Å². The van der Waals surface area contributed by atoms with Crippen molar-refractivity contribution in [2.45, 2.75) is 6.54 Å². The van der Waals surface area contributed by atoms with Crippen LogP contribution in [0, 0.1) is 10.1 Å². The topological polar surface area (TPSA) is 104 Å². The molecule has 0 radical (unpaired) electrons. The van der Waals surface area contributed by atoms with Crippen molar-refractivity contribution in [1.29, 1.82) is 0 Å². The zero-order chi connectivity index (χ0) is 18.0. The van der Waals surface area contributed by atoms with E-state index in [-0.39, 0.29) is 23.4 Å². The maximum absolute atomic E-state index is 12.5. The maximum atomic E-state index is 12.5. The second-order valence-electron chi connectivity index (χ2n) is 5.26. The Morgan fingerprint density at radius 1 is 1.28 bits per heavy atom. The number of nitro benzene ring substituents is 1. The minimum absolute atomic E-state index is 0.0875. The lowest BCUT2D eigenvalue weighted by molar-refractivity contribution is -0.384. The Kier molecular flexibility index (Phi) is 4.25. The third-order valence-corrected chi connectivity index (χ3v) is 3.74. The molecule has 0 unspecified atom stereocenters. The molecule has 0 atom stereocenters. The van der Waals surface area contributed by atoms with Crippen molar-refractivity contribution in [2.75, 3.05) is 7.11 Å². The van der Waals surface area contributed by atoms with E-state index < -0.39 is 10.5 Å². The quantitative estimate of drug-likeness (QED) is 0.401. The second-order valence-corrected chi connectivity index (χ2v) is 5.26. The Bertz CT molecular complexity index is 1040. The molecule has 0 fully saturated rings. The van der Waals surface area contributed by atoms with E-state index in [9.17, 15) is 19.7 Å². The van der Waals surface area contributed by atoms with Gasteiger partial charge in [0.25, 0.3) is 11.2 Å². The van der Waals surface area contributed by atoms with Crippen molar-refractivity contribution < 1.29 is 14.5 Å². The summed E-state index contributed by atoms with van der Waals surface area (Å²) in [7, 11) is 1.45. The number of hydrogen-bond donors (Lipinski definition) is 0. The van der Waals surface area contributed by atoms with E-state index in [2.05, 4.69) is 4.98 Å². The van der Waals surface area contributed by atoms with Gasteiger partial charge in [-0.2, -0.15) is 0 Å². The monoisotopic (exact) mass is 339 g/mol. The number of benzene rings is 2. The lowest BCUT2D eigenvalue weighted by Crippen LogP contribution is -2.25. The average Bonchev–Trinajstić information content (AvgIpc) is 2.63. The predicted octanol–water partition coefficient (Wildman–Crippen LogP) is 2.20. The van der Waals surface area contributed by atoms with Gasteiger partial charge in [0, 0.05) is 12.1 Å². The van der Waals surface area contributed by atoms with Crippen LogP contribution in [-0.2, 0) is 6.54 Å². The van der Waals surface area contributed by atoms with E-state index >= 15 is 0 Å². The molecular weight excluding hydrogens is 326 g/mol. The average molecular weight is 339 g/mol. The molecule has 25 heavy (non-hydrogen) atoms. The molecule has 8 nitrogen and oxygen atoms in total. The SMILES string of the molecule is COc1ccccc1C(=O)Cn1cnc2ccc([N+](=O)[O-])cc2c1=O. The van der Waals surface area contributed by atoms with Crippen LogP contribution in [0.5, 0.6) is 5.75 Å². The first-order valence-electron chi connectivity index (χ1n) is 7.31. The van der Waals surface area contributed by atoms with E-state index in [0.29, 0.717) is 16.8 Å². The van der Waals surface area contributed by atoms with Gasteiger partial charge in [-0.15, -0.1) is 0 Å². The molecule has 3 aromatic rings. The van der Waals surface area contributed by atoms with Gasteiger partial charge in [-0.3, -0.25) is 24.3 Å². The van der Waals surface area contributed by atoms with E-state index in [1.54, 1.807) is 24.3 Å². The number of fused-ring (bicyclic) bond motifs is 1. The Balaban J connectivity index is 2.01. The standard InChI is InChI=1S/C17H13N3O5/c1-25-16-5-3-2-4-12(16)15(21)9-19-10-18-14-7-6-11(20(23)24)8-13(14)17(19)22/h2-8,10H,9H2,1H3. The number of non-ortho nitro benzene ring substituents is 1. The largest absolute Gasteiger partial charge is 0.496 e. The summed E-state index contributed by atoms with van der Waals surface area (Å²) in [4.78, 5) is 39.4. The molecule has 0 saturated carbocycles. The fourth-order valence-electron chi connectivity index (χ4n) is 2.49. The van der Waals surface area contributed by atoms with Crippen LogP contribution >= 0.6 is 0 Å². The number of aromatic nitrogens is 2. The Morgan fingerprint density at radius 3 is 2.76 bits per heavy atom. The van der Waals surface area contributed by atoms with Gasteiger partial charge < -0.3 is 4.74 Å². The molecule has 0 bridgehead atoms. The predicted molar refractivity (Wildman–Crippen MR) is 90.0 cm³/mol. The molecular formula is C17H13N3O5. The van der Waals surface area contributed by atoms with Gasteiger partial charge in [-0.25, -0.2) is 4.98 Å². The van der Waals surface area contributed by atoms with Gasteiger partial charge in [-0.1, -0.05) is 12.1 Å². The highest BCUT2D eigenvalue weighted by molar-refractivity contribution is 5.98. The molecule has 0 saturated heterocycles. The summed E-state index contributed by atoms with van der Waals surface area (Å²) >= 11 is 0. The number of hydrogen-bond acceptors (Lipinski definition) is 6. The summed E-state index contributed by atoms with van der Waals surface area (Å²) in [6, 6.07) is 10.5. The molecule has 0 aliphatic carbocycles. The molecule has 0 N–H and O–H groups in total. The summed E-state index contributed by atoms with van der Waals surface area (Å²) in [5.41, 5.74) is -0.0511. The number of para-hydroxylation sites is 1. The van der Waals surface area contributed by atoms with Crippen molar-refractivity contribution in [3.63, 3.8) is 0 Å². The van der Waals surface area contributed by atoms with Gasteiger partial charge in [-0.05, 0) is 18.2 Å². The van der Waals surface area contributed by atoms with Gasteiger partial charge in [0.2, 0.25) is 0 Å². The Hall–Kier alpha value is -3.55. The van der Waals surface area contributed by atoms with Crippen LogP contribution < -0.4 is 10.3 Å². The van der Waals surface area contributed by atoms with Crippen LogP contribution in [0.1, 0.15) is 10.4 Å². The number of Topliss-reactive ketones (excluding diaryl/α,β-unsaturated/α-hetero) is 1. The normalized spacial score (nSPS) is 10.6. The number of rotatable bonds is 5. The number of nitro groups is 1. The third kappa shape index (κ3) is 3.09. The second kappa shape index (κ2) is 6.52. The van der Waals surface area contributed by atoms with Gasteiger partial charge in [0.15, 0.2) is 5.78 Å². The first kappa shape index (κ1) is 16.3. The highest BCUT2D eigenvalue weighted by Gasteiger charge is 2.15. The summed E-state index contributed by atoms with van der Waals surface area (Å²) in [6.45, 7) is -0.245. The number of carbonyl (C=O) groups is 1. The van der Waals surface area contributed by atoms with Crippen LogP contribution in [0.25, 0.3) is 10.9 Å². The number of nitrogens with zero attached hydrogens (tertiary/aromatic N) is 3.